The third-order valence-corrected chi connectivity index (χ3v) is 2.86. The van der Waals surface area contributed by atoms with Crippen molar-refractivity contribution in [1.82, 2.24) is 10.1 Å². The van der Waals surface area contributed by atoms with Gasteiger partial charge in [0.25, 0.3) is 5.76 Å². The minimum absolute atomic E-state index is 0.140. The molecule has 0 bridgehead atoms. The van der Waals surface area contributed by atoms with Crippen LogP contribution in [0.15, 0.2) is 34.9 Å². The van der Waals surface area contributed by atoms with Gasteiger partial charge in [0.2, 0.25) is 0 Å². The van der Waals surface area contributed by atoms with Gasteiger partial charge < -0.3 is 14.6 Å². The number of nitrogens with zero attached hydrogens (tertiary/aromatic N) is 1. The second-order valence-electron chi connectivity index (χ2n) is 4.05. The SMILES string of the molecule is Cc1noc(C(=O)O)c1-c1cc2ccccc2[nH]1. The largest absolute Gasteiger partial charge is 0.475 e. The van der Waals surface area contributed by atoms with Crippen molar-refractivity contribution < 1.29 is 14.4 Å². The number of benzene rings is 1. The average molecular weight is 242 g/mol. The number of nitrogens with one attached hydrogen (secondary N) is 1. The van der Waals surface area contributed by atoms with Gasteiger partial charge in [-0.05, 0) is 19.1 Å². The molecule has 0 amide bonds. The lowest BCUT2D eigenvalue weighted by Gasteiger charge is -1.95. The molecule has 0 saturated carbocycles. The molecule has 5 heteroatoms. The third kappa shape index (κ3) is 1.48. The number of carbonyl (C=O) groups is 1. The first-order valence-electron chi connectivity index (χ1n) is 5.44. The van der Waals surface area contributed by atoms with Gasteiger partial charge in [0.1, 0.15) is 0 Å². The molecule has 18 heavy (non-hydrogen) atoms. The summed E-state index contributed by atoms with van der Waals surface area (Å²) in [5, 5.41) is 13.8. The van der Waals surface area contributed by atoms with Crippen molar-refractivity contribution in [3.05, 3.63) is 41.8 Å². The van der Waals surface area contributed by atoms with Crippen molar-refractivity contribution in [1.29, 1.82) is 0 Å². The number of carboxylic acids is 1. The van der Waals surface area contributed by atoms with Crippen molar-refractivity contribution >= 4 is 16.9 Å². The Balaban J connectivity index is 2.25. The Kier molecular flexibility index (Phi) is 2.19. The van der Waals surface area contributed by atoms with Gasteiger partial charge in [-0.25, -0.2) is 4.79 Å². The van der Waals surface area contributed by atoms with Crippen LogP contribution in [0.2, 0.25) is 0 Å². The van der Waals surface area contributed by atoms with Crippen molar-refractivity contribution in [3.8, 4) is 11.3 Å². The summed E-state index contributed by atoms with van der Waals surface area (Å²) in [5.41, 5.74) is 2.70. The molecule has 3 aromatic rings. The fourth-order valence-electron chi connectivity index (χ4n) is 2.04. The van der Waals surface area contributed by atoms with Crippen molar-refractivity contribution in [3.63, 3.8) is 0 Å². The van der Waals surface area contributed by atoms with Crippen LogP contribution in [-0.2, 0) is 0 Å². The summed E-state index contributed by atoms with van der Waals surface area (Å²) in [5.74, 6) is -1.26. The predicted molar refractivity (Wildman–Crippen MR) is 65.5 cm³/mol. The van der Waals surface area contributed by atoms with E-state index in [9.17, 15) is 4.79 Å². The molecule has 0 saturated heterocycles. The summed E-state index contributed by atoms with van der Waals surface area (Å²) in [6.07, 6.45) is 0. The Morgan fingerprint density at radius 3 is 2.89 bits per heavy atom. The Bertz CT molecular complexity index is 707. The summed E-state index contributed by atoms with van der Waals surface area (Å²) in [7, 11) is 0. The Hall–Kier alpha value is -2.56. The Morgan fingerprint density at radius 1 is 1.39 bits per heavy atom. The molecular formula is C13H10N2O3. The van der Waals surface area contributed by atoms with E-state index in [-0.39, 0.29) is 5.76 Å². The molecule has 2 N–H and O–H groups in total. The number of carboxylic acid groups (broad SMARTS) is 1. The van der Waals surface area contributed by atoms with Crippen LogP contribution in [0.25, 0.3) is 22.2 Å². The first-order chi connectivity index (χ1) is 8.66. The highest BCUT2D eigenvalue weighted by Gasteiger charge is 2.22. The van der Waals surface area contributed by atoms with Gasteiger partial charge >= 0.3 is 5.97 Å². The zero-order chi connectivity index (χ0) is 12.7. The third-order valence-electron chi connectivity index (χ3n) is 2.86. The standard InChI is InChI=1S/C13H10N2O3/c1-7-11(12(13(16)17)18-15-7)10-6-8-4-2-3-5-9(8)14-10/h2-6,14H,1H3,(H,16,17). The predicted octanol–water partition coefficient (Wildman–Crippen LogP) is 2.83. The van der Waals surface area contributed by atoms with E-state index in [1.165, 1.54) is 0 Å². The maximum atomic E-state index is 11.1. The highest BCUT2D eigenvalue weighted by atomic mass is 16.5. The Labute approximate surface area is 102 Å². The number of hydrogen-bond acceptors (Lipinski definition) is 3. The lowest BCUT2D eigenvalue weighted by atomic mass is 10.1. The van der Waals surface area contributed by atoms with Crippen LogP contribution in [0.4, 0.5) is 0 Å². The minimum Gasteiger partial charge on any atom is -0.475 e. The number of hydrogen-bond donors (Lipinski definition) is 2. The molecule has 2 aromatic heterocycles. The van der Waals surface area contributed by atoms with E-state index in [1.54, 1.807) is 6.92 Å². The smallest absolute Gasteiger partial charge is 0.375 e. The molecule has 1 aromatic carbocycles. The first kappa shape index (κ1) is 10.6. The molecule has 0 unspecified atom stereocenters. The van der Waals surface area contributed by atoms with Crippen LogP contribution >= 0.6 is 0 Å². The van der Waals surface area contributed by atoms with Crippen LogP contribution in [0.5, 0.6) is 0 Å². The second-order valence-corrected chi connectivity index (χ2v) is 4.05. The van der Waals surface area contributed by atoms with Crippen LogP contribution in [0.1, 0.15) is 16.2 Å². The van der Waals surface area contributed by atoms with E-state index < -0.39 is 5.97 Å². The van der Waals surface area contributed by atoms with Gasteiger partial charge in [-0.3, -0.25) is 0 Å². The molecule has 0 spiro atoms. The van der Waals surface area contributed by atoms with Gasteiger partial charge in [0, 0.05) is 10.9 Å². The minimum atomic E-state index is -1.12. The van der Waals surface area contributed by atoms with Crippen molar-refractivity contribution in [2.45, 2.75) is 6.92 Å². The van der Waals surface area contributed by atoms with Crippen molar-refractivity contribution in [2.75, 3.05) is 0 Å². The molecule has 0 aliphatic rings. The maximum absolute atomic E-state index is 11.1. The number of aromatic amines is 1. The summed E-state index contributed by atoms with van der Waals surface area (Å²) >= 11 is 0. The fourth-order valence-corrected chi connectivity index (χ4v) is 2.04. The number of aromatic carboxylic acids is 1. The summed E-state index contributed by atoms with van der Waals surface area (Å²) in [6, 6.07) is 9.63. The van der Waals surface area contributed by atoms with Gasteiger partial charge in [0.15, 0.2) is 0 Å². The van der Waals surface area contributed by atoms with Crippen LogP contribution in [-0.4, -0.2) is 21.2 Å². The zero-order valence-electron chi connectivity index (χ0n) is 9.60. The normalized spacial score (nSPS) is 10.9. The van der Waals surface area contributed by atoms with E-state index in [0.29, 0.717) is 17.0 Å². The molecule has 0 aliphatic heterocycles. The van der Waals surface area contributed by atoms with Crippen LogP contribution in [0, 0.1) is 6.92 Å². The van der Waals surface area contributed by atoms with E-state index in [0.717, 1.165) is 10.9 Å². The molecule has 90 valence electrons. The highest BCUT2D eigenvalue weighted by molar-refractivity contribution is 5.95. The Morgan fingerprint density at radius 2 is 2.17 bits per heavy atom. The number of aromatic nitrogens is 2. The van der Waals surface area contributed by atoms with Gasteiger partial charge in [-0.1, -0.05) is 23.4 Å². The van der Waals surface area contributed by atoms with E-state index in [1.807, 2.05) is 30.3 Å². The first-order valence-corrected chi connectivity index (χ1v) is 5.44. The number of rotatable bonds is 2. The maximum Gasteiger partial charge on any atom is 0.375 e. The summed E-state index contributed by atoms with van der Waals surface area (Å²) in [6.45, 7) is 1.72. The lowest BCUT2D eigenvalue weighted by molar-refractivity contribution is 0.0653. The summed E-state index contributed by atoms with van der Waals surface area (Å²) in [4.78, 5) is 14.2. The molecule has 0 aliphatic carbocycles. The van der Waals surface area contributed by atoms with E-state index >= 15 is 0 Å². The molecule has 3 rings (SSSR count). The molecule has 2 heterocycles. The average Bonchev–Trinajstić information content (AvgIpc) is 2.91. The van der Waals surface area contributed by atoms with Crippen LogP contribution in [0.3, 0.4) is 0 Å². The molecule has 0 radical (unpaired) electrons. The molecule has 0 atom stereocenters. The fraction of sp³-hybridized carbons (Fsp3) is 0.0769. The van der Waals surface area contributed by atoms with E-state index in [2.05, 4.69) is 10.1 Å². The summed E-state index contributed by atoms with van der Waals surface area (Å²) < 4.78 is 4.84. The van der Waals surface area contributed by atoms with E-state index in [4.69, 9.17) is 9.63 Å². The molecular weight excluding hydrogens is 232 g/mol. The number of para-hydroxylation sites is 1. The lowest BCUT2D eigenvalue weighted by Crippen LogP contribution is -1.96. The zero-order valence-corrected chi connectivity index (χ0v) is 9.60. The van der Waals surface area contributed by atoms with Gasteiger partial charge in [-0.15, -0.1) is 0 Å². The van der Waals surface area contributed by atoms with Gasteiger partial charge in [-0.2, -0.15) is 0 Å². The van der Waals surface area contributed by atoms with Crippen LogP contribution < -0.4 is 0 Å². The topological polar surface area (TPSA) is 79.1 Å². The number of H-pyrrole nitrogens is 1. The number of fused-ring (bicyclic) bond motifs is 1. The number of aryl methyl sites for hydroxylation is 1. The molecule has 5 nitrogen and oxygen atoms in total. The van der Waals surface area contributed by atoms with Gasteiger partial charge in [0.05, 0.1) is 17.0 Å². The van der Waals surface area contributed by atoms with Crippen molar-refractivity contribution in [2.24, 2.45) is 0 Å². The molecule has 0 fully saturated rings. The monoisotopic (exact) mass is 242 g/mol. The highest BCUT2D eigenvalue weighted by Crippen LogP contribution is 2.29. The second kappa shape index (κ2) is 3.73. The quantitative estimate of drug-likeness (QED) is 0.724.